The summed E-state index contributed by atoms with van der Waals surface area (Å²) in [6.07, 6.45) is 6.43. The van der Waals surface area contributed by atoms with Gasteiger partial charge in [0, 0.05) is 19.3 Å². The highest BCUT2D eigenvalue weighted by atomic mass is 16.1. The Morgan fingerprint density at radius 1 is 1.37 bits per heavy atom. The molecule has 0 atom stereocenters. The number of nitrogens with one attached hydrogen (secondary N) is 2. The van der Waals surface area contributed by atoms with Gasteiger partial charge >= 0.3 is 0 Å². The molecule has 19 heavy (non-hydrogen) atoms. The zero-order valence-corrected chi connectivity index (χ0v) is 11.8. The van der Waals surface area contributed by atoms with Gasteiger partial charge in [-0.05, 0) is 43.2 Å². The first-order valence-electron chi connectivity index (χ1n) is 7.17. The lowest BCUT2D eigenvalue weighted by Gasteiger charge is -2.13. The normalized spacial score (nSPS) is 15.9. The average molecular weight is 261 g/mol. The Bertz CT molecular complexity index is 424. The zero-order valence-electron chi connectivity index (χ0n) is 11.8. The minimum Gasteiger partial charge on any atom is -0.370 e. The van der Waals surface area contributed by atoms with Gasteiger partial charge < -0.3 is 10.6 Å². The Hall–Kier alpha value is -1.58. The van der Waals surface area contributed by atoms with Gasteiger partial charge in [-0.15, -0.1) is 0 Å². The molecular formula is C15H23N3O. The number of nitrogens with zero attached hydrogens (tertiary/aromatic N) is 1. The molecule has 0 aromatic carbocycles. The van der Waals surface area contributed by atoms with Gasteiger partial charge in [-0.25, -0.2) is 4.98 Å². The molecule has 0 radical (unpaired) electrons. The van der Waals surface area contributed by atoms with E-state index in [1.165, 1.54) is 19.3 Å². The minimum absolute atomic E-state index is 0.0480. The average Bonchev–Trinajstić information content (AvgIpc) is 3.24. The van der Waals surface area contributed by atoms with Gasteiger partial charge in [-0.2, -0.15) is 0 Å². The SMILES string of the molecule is CCCNC(=O)c1ccc(NCC2(CC)CC2)nc1. The van der Waals surface area contributed by atoms with Crippen LogP contribution in [0.2, 0.25) is 0 Å². The highest BCUT2D eigenvalue weighted by molar-refractivity contribution is 5.93. The number of rotatable bonds is 7. The van der Waals surface area contributed by atoms with Crippen LogP contribution in [0.4, 0.5) is 5.82 Å². The van der Waals surface area contributed by atoms with Crippen LogP contribution in [0.15, 0.2) is 18.3 Å². The molecule has 1 heterocycles. The van der Waals surface area contributed by atoms with Gasteiger partial charge in [0.1, 0.15) is 5.82 Å². The molecule has 0 saturated heterocycles. The van der Waals surface area contributed by atoms with Crippen molar-refractivity contribution in [3.8, 4) is 0 Å². The maximum absolute atomic E-state index is 11.7. The number of amides is 1. The molecule has 1 aromatic rings. The van der Waals surface area contributed by atoms with Crippen molar-refractivity contribution >= 4 is 11.7 Å². The molecule has 4 nitrogen and oxygen atoms in total. The van der Waals surface area contributed by atoms with E-state index in [1.807, 2.05) is 19.1 Å². The van der Waals surface area contributed by atoms with Crippen LogP contribution in [0, 0.1) is 5.41 Å². The fourth-order valence-corrected chi connectivity index (χ4v) is 2.08. The Labute approximate surface area is 115 Å². The van der Waals surface area contributed by atoms with E-state index in [0.717, 1.165) is 18.8 Å². The van der Waals surface area contributed by atoms with Crippen molar-refractivity contribution < 1.29 is 4.79 Å². The van der Waals surface area contributed by atoms with E-state index in [1.54, 1.807) is 6.20 Å². The number of aromatic nitrogens is 1. The zero-order chi connectivity index (χ0) is 13.7. The Balaban J connectivity index is 1.85. The Morgan fingerprint density at radius 3 is 2.68 bits per heavy atom. The molecule has 0 spiro atoms. The molecular weight excluding hydrogens is 238 g/mol. The molecule has 1 saturated carbocycles. The van der Waals surface area contributed by atoms with Crippen molar-refractivity contribution in [2.75, 3.05) is 18.4 Å². The number of carbonyl (C=O) groups excluding carboxylic acids is 1. The topological polar surface area (TPSA) is 54.0 Å². The largest absolute Gasteiger partial charge is 0.370 e. The number of hydrogen-bond donors (Lipinski definition) is 2. The van der Waals surface area contributed by atoms with Crippen LogP contribution < -0.4 is 10.6 Å². The first-order chi connectivity index (χ1) is 9.19. The van der Waals surface area contributed by atoms with Crippen molar-refractivity contribution in [2.45, 2.75) is 39.5 Å². The number of pyridine rings is 1. The van der Waals surface area contributed by atoms with E-state index >= 15 is 0 Å². The molecule has 0 aliphatic heterocycles. The molecule has 2 rings (SSSR count). The minimum atomic E-state index is -0.0480. The van der Waals surface area contributed by atoms with Gasteiger partial charge in [-0.3, -0.25) is 4.79 Å². The summed E-state index contributed by atoms with van der Waals surface area (Å²) in [6, 6.07) is 3.71. The van der Waals surface area contributed by atoms with E-state index in [0.29, 0.717) is 17.5 Å². The summed E-state index contributed by atoms with van der Waals surface area (Å²) in [7, 11) is 0. The number of anilines is 1. The Morgan fingerprint density at radius 2 is 2.16 bits per heavy atom. The van der Waals surface area contributed by atoms with E-state index < -0.39 is 0 Å². The first kappa shape index (κ1) is 13.8. The lowest BCUT2D eigenvalue weighted by molar-refractivity contribution is 0.0953. The van der Waals surface area contributed by atoms with Crippen molar-refractivity contribution in [3.05, 3.63) is 23.9 Å². The van der Waals surface area contributed by atoms with Gasteiger partial charge in [0.05, 0.1) is 5.56 Å². The molecule has 1 aromatic heterocycles. The van der Waals surface area contributed by atoms with E-state index in [4.69, 9.17) is 0 Å². The third-order valence-electron chi connectivity index (χ3n) is 3.91. The van der Waals surface area contributed by atoms with Crippen LogP contribution in [0.5, 0.6) is 0 Å². The summed E-state index contributed by atoms with van der Waals surface area (Å²) in [5.41, 5.74) is 1.12. The highest BCUT2D eigenvalue weighted by Crippen LogP contribution is 2.48. The molecule has 1 amide bonds. The third kappa shape index (κ3) is 3.69. The molecule has 104 valence electrons. The summed E-state index contributed by atoms with van der Waals surface area (Å²) in [5.74, 6) is 0.805. The smallest absolute Gasteiger partial charge is 0.252 e. The summed E-state index contributed by atoms with van der Waals surface area (Å²) < 4.78 is 0. The molecule has 1 fully saturated rings. The van der Waals surface area contributed by atoms with E-state index in [9.17, 15) is 4.79 Å². The first-order valence-corrected chi connectivity index (χ1v) is 7.17. The monoisotopic (exact) mass is 261 g/mol. The second kappa shape index (κ2) is 6.04. The molecule has 1 aliphatic rings. The molecule has 0 unspecified atom stereocenters. The van der Waals surface area contributed by atoms with Crippen molar-refractivity contribution in [3.63, 3.8) is 0 Å². The van der Waals surface area contributed by atoms with Gasteiger partial charge in [-0.1, -0.05) is 13.8 Å². The second-order valence-electron chi connectivity index (χ2n) is 5.40. The van der Waals surface area contributed by atoms with Crippen LogP contribution >= 0.6 is 0 Å². The van der Waals surface area contributed by atoms with Crippen molar-refractivity contribution in [1.82, 2.24) is 10.3 Å². The quantitative estimate of drug-likeness (QED) is 0.793. The van der Waals surface area contributed by atoms with Crippen LogP contribution in [0.3, 0.4) is 0 Å². The standard InChI is InChI=1S/C15H23N3O/c1-3-9-16-14(19)12-5-6-13(17-10-12)18-11-15(4-2)7-8-15/h5-6,10H,3-4,7-9,11H2,1-2H3,(H,16,19)(H,17,18). The molecule has 4 heteroatoms. The maximum Gasteiger partial charge on any atom is 0.252 e. The van der Waals surface area contributed by atoms with Gasteiger partial charge in [0.25, 0.3) is 5.91 Å². The predicted molar refractivity (Wildman–Crippen MR) is 77.3 cm³/mol. The predicted octanol–water partition coefficient (Wildman–Crippen LogP) is 2.82. The van der Waals surface area contributed by atoms with Gasteiger partial charge in [0.15, 0.2) is 0 Å². The third-order valence-corrected chi connectivity index (χ3v) is 3.91. The summed E-state index contributed by atoms with van der Waals surface area (Å²) in [5, 5.41) is 6.21. The summed E-state index contributed by atoms with van der Waals surface area (Å²) in [4.78, 5) is 16.0. The van der Waals surface area contributed by atoms with Crippen molar-refractivity contribution in [2.24, 2.45) is 5.41 Å². The fraction of sp³-hybridized carbons (Fsp3) is 0.600. The van der Waals surface area contributed by atoms with Crippen molar-refractivity contribution in [1.29, 1.82) is 0 Å². The summed E-state index contributed by atoms with van der Waals surface area (Å²) in [6.45, 7) is 5.96. The highest BCUT2D eigenvalue weighted by Gasteiger charge is 2.40. The summed E-state index contributed by atoms with van der Waals surface area (Å²) >= 11 is 0. The van der Waals surface area contributed by atoms with E-state index in [2.05, 4.69) is 22.5 Å². The lowest BCUT2D eigenvalue weighted by Crippen LogP contribution is -2.24. The lowest BCUT2D eigenvalue weighted by atomic mass is 10.0. The van der Waals surface area contributed by atoms with Crippen LogP contribution in [0.25, 0.3) is 0 Å². The maximum atomic E-state index is 11.7. The molecule has 2 N–H and O–H groups in total. The number of carbonyl (C=O) groups is 1. The van der Waals surface area contributed by atoms with E-state index in [-0.39, 0.29) is 5.91 Å². The molecule has 0 bridgehead atoms. The molecule has 1 aliphatic carbocycles. The van der Waals surface area contributed by atoms with Crippen LogP contribution in [-0.2, 0) is 0 Å². The Kier molecular flexibility index (Phi) is 4.40. The second-order valence-corrected chi connectivity index (χ2v) is 5.40. The van der Waals surface area contributed by atoms with Crippen LogP contribution in [0.1, 0.15) is 49.9 Å². The fourth-order valence-electron chi connectivity index (χ4n) is 2.08. The van der Waals surface area contributed by atoms with Crippen LogP contribution in [-0.4, -0.2) is 24.0 Å². The number of hydrogen-bond acceptors (Lipinski definition) is 3. The van der Waals surface area contributed by atoms with Gasteiger partial charge in [0.2, 0.25) is 0 Å².